The maximum atomic E-state index is 5.85. The maximum Gasteiger partial charge on any atom is 0.135 e. The number of aryl methyl sites for hydroxylation is 1. The second-order valence-electron chi connectivity index (χ2n) is 5.89. The van der Waals surface area contributed by atoms with E-state index in [1.54, 1.807) is 6.33 Å². The van der Waals surface area contributed by atoms with Gasteiger partial charge in [-0.15, -0.1) is 0 Å². The molecule has 1 aliphatic carbocycles. The van der Waals surface area contributed by atoms with Crippen molar-refractivity contribution in [2.24, 2.45) is 5.73 Å². The zero-order valence-electron chi connectivity index (χ0n) is 12.2. The smallest absolute Gasteiger partial charge is 0.135 e. The van der Waals surface area contributed by atoms with E-state index in [4.69, 9.17) is 10.5 Å². The summed E-state index contributed by atoms with van der Waals surface area (Å²) in [7, 11) is 0. The summed E-state index contributed by atoms with van der Waals surface area (Å²) >= 11 is 0. The molecule has 3 rings (SSSR count). The first kappa shape index (κ1) is 13.8. The average molecular weight is 276 g/mol. The van der Waals surface area contributed by atoms with Crippen LogP contribution in [0.3, 0.4) is 0 Å². The number of fused-ring (bicyclic) bond motifs is 1. The highest BCUT2D eigenvalue weighted by Gasteiger charge is 2.27. The van der Waals surface area contributed by atoms with E-state index in [0.29, 0.717) is 6.54 Å². The summed E-state index contributed by atoms with van der Waals surface area (Å²) in [6, 6.07) is 0. The van der Waals surface area contributed by atoms with E-state index in [1.165, 1.54) is 30.5 Å². The summed E-state index contributed by atoms with van der Waals surface area (Å²) in [5, 5.41) is 0. The van der Waals surface area contributed by atoms with Crippen LogP contribution in [0.15, 0.2) is 6.33 Å². The van der Waals surface area contributed by atoms with Crippen LogP contribution in [0, 0.1) is 0 Å². The van der Waals surface area contributed by atoms with Crippen molar-refractivity contribution in [3.63, 3.8) is 0 Å². The van der Waals surface area contributed by atoms with Crippen LogP contribution in [-0.2, 0) is 17.6 Å². The number of ether oxygens (including phenoxy) is 1. The third-order valence-electron chi connectivity index (χ3n) is 4.24. The van der Waals surface area contributed by atoms with Gasteiger partial charge in [0.05, 0.1) is 12.2 Å². The van der Waals surface area contributed by atoms with E-state index in [9.17, 15) is 0 Å². The molecule has 2 N–H and O–H groups in total. The van der Waals surface area contributed by atoms with Crippen LogP contribution < -0.4 is 10.6 Å². The van der Waals surface area contributed by atoms with Gasteiger partial charge in [0.1, 0.15) is 12.1 Å². The molecule has 5 nitrogen and oxygen atoms in total. The lowest BCUT2D eigenvalue weighted by molar-refractivity contribution is -0.0107. The first-order valence-electron chi connectivity index (χ1n) is 7.71. The largest absolute Gasteiger partial charge is 0.370 e. The molecule has 5 heteroatoms. The number of morpholine rings is 1. The van der Waals surface area contributed by atoms with E-state index in [0.717, 1.165) is 31.7 Å². The number of nitrogens with two attached hydrogens (primary N) is 1. The summed E-state index contributed by atoms with van der Waals surface area (Å²) in [5.41, 5.74) is 8.39. The Labute approximate surface area is 120 Å². The third-order valence-corrected chi connectivity index (χ3v) is 4.24. The predicted octanol–water partition coefficient (Wildman–Crippen LogP) is 1.30. The molecule has 0 bridgehead atoms. The van der Waals surface area contributed by atoms with Crippen molar-refractivity contribution in [1.29, 1.82) is 0 Å². The van der Waals surface area contributed by atoms with Crippen molar-refractivity contribution in [3.05, 3.63) is 17.6 Å². The second kappa shape index (κ2) is 6.06. The molecule has 1 fully saturated rings. The van der Waals surface area contributed by atoms with Crippen LogP contribution in [-0.4, -0.2) is 41.8 Å². The molecule has 1 aromatic heterocycles. The minimum atomic E-state index is 0.107. The molecule has 110 valence electrons. The molecule has 2 unspecified atom stereocenters. The third kappa shape index (κ3) is 2.79. The highest BCUT2D eigenvalue weighted by molar-refractivity contribution is 5.49. The predicted molar refractivity (Wildman–Crippen MR) is 78.9 cm³/mol. The van der Waals surface area contributed by atoms with Gasteiger partial charge in [0.2, 0.25) is 0 Å². The van der Waals surface area contributed by atoms with Gasteiger partial charge in [0.25, 0.3) is 0 Å². The summed E-state index contributed by atoms with van der Waals surface area (Å²) in [6.07, 6.45) is 8.00. The Morgan fingerprint density at radius 1 is 1.25 bits per heavy atom. The van der Waals surface area contributed by atoms with Gasteiger partial charge in [0, 0.05) is 30.9 Å². The summed E-state index contributed by atoms with van der Waals surface area (Å²) in [6.45, 7) is 4.40. The second-order valence-corrected chi connectivity index (χ2v) is 5.89. The Bertz CT molecular complexity index is 465. The molecule has 1 aromatic rings. The van der Waals surface area contributed by atoms with E-state index in [-0.39, 0.29) is 12.2 Å². The number of rotatable bonds is 2. The van der Waals surface area contributed by atoms with Gasteiger partial charge in [-0.05, 0) is 32.6 Å². The Morgan fingerprint density at radius 2 is 2.10 bits per heavy atom. The number of hydrogen-bond donors (Lipinski definition) is 1. The molecule has 1 saturated heterocycles. The fourth-order valence-electron chi connectivity index (χ4n) is 3.30. The fraction of sp³-hybridized carbons (Fsp3) is 0.733. The monoisotopic (exact) mass is 276 g/mol. The highest BCUT2D eigenvalue weighted by Crippen LogP contribution is 2.28. The number of hydrogen-bond acceptors (Lipinski definition) is 5. The number of nitrogens with zero attached hydrogens (tertiary/aromatic N) is 3. The Balaban J connectivity index is 1.89. The van der Waals surface area contributed by atoms with Gasteiger partial charge in [-0.25, -0.2) is 9.97 Å². The van der Waals surface area contributed by atoms with Crippen molar-refractivity contribution in [2.45, 2.75) is 51.2 Å². The molecular weight excluding hydrogens is 252 g/mol. The Morgan fingerprint density at radius 3 is 2.95 bits per heavy atom. The van der Waals surface area contributed by atoms with E-state index >= 15 is 0 Å². The normalized spacial score (nSPS) is 27.0. The zero-order chi connectivity index (χ0) is 13.9. The number of aromatic nitrogens is 2. The molecule has 0 spiro atoms. The van der Waals surface area contributed by atoms with Gasteiger partial charge in [-0.3, -0.25) is 0 Å². The van der Waals surface area contributed by atoms with Gasteiger partial charge in [0.15, 0.2) is 0 Å². The van der Waals surface area contributed by atoms with Crippen molar-refractivity contribution in [3.8, 4) is 0 Å². The van der Waals surface area contributed by atoms with E-state index in [2.05, 4.69) is 21.8 Å². The SMILES string of the molecule is CC1CN(c2ncnc3c2CCCCC3)CC(CN)O1. The standard InChI is InChI=1S/C15H24N4O/c1-11-8-19(9-12(7-16)20-11)15-13-5-3-2-4-6-14(13)17-10-18-15/h10-12H,2-9,16H2,1H3. The van der Waals surface area contributed by atoms with Crippen LogP contribution >= 0.6 is 0 Å². The molecule has 0 radical (unpaired) electrons. The first-order chi connectivity index (χ1) is 9.78. The molecule has 0 saturated carbocycles. The lowest BCUT2D eigenvalue weighted by atomic mass is 10.1. The van der Waals surface area contributed by atoms with E-state index in [1.807, 2.05) is 0 Å². The van der Waals surface area contributed by atoms with Crippen LogP contribution in [0.4, 0.5) is 5.82 Å². The molecule has 0 amide bonds. The maximum absolute atomic E-state index is 5.85. The van der Waals surface area contributed by atoms with Gasteiger partial charge in [-0.1, -0.05) is 6.42 Å². The van der Waals surface area contributed by atoms with Gasteiger partial charge >= 0.3 is 0 Å². The van der Waals surface area contributed by atoms with E-state index < -0.39 is 0 Å². The highest BCUT2D eigenvalue weighted by atomic mass is 16.5. The van der Waals surface area contributed by atoms with Crippen LogP contribution in [0.1, 0.15) is 37.4 Å². The van der Waals surface area contributed by atoms with Crippen molar-refractivity contribution in [1.82, 2.24) is 9.97 Å². The summed E-state index contributed by atoms with van der Waals surface area (Å²) < 4.78 is 5.85. The van der Waals surface area contributed by atoms with Crippen LogP contribution in [0.2, 0.25) is 0 Å². The molecular formula is C15H24N4O. The minimum Gasteiger partial charge on any atom is -0.370 e. The lowest BCUT2D eigenvalue weighted by Gasteiger charge is -2.38. The molecule has 2 aliphatic rings. The molecule has 2 atom stereocenters. The molecule has 1 aliphatic heterocycles. The van der Waals surface area contributed by atoms with Crippen molar-refractivity contribution in [2.75, 3.05) is 24.5 Å². The number of anilines is 1. The van der Waals surface area contributed by atoms with Crippen LogP contribution in [0.5, 0.6) is 0 Å². The average Bonchev–Trinajstić information content (AvgIpc) is 2.71. The summed E-state index contributed by atoms with van der Waals surface area (Å²) in [4.78, 5) is 11.4. The Kier molecular flexibility index (Phi) is 4.17. The first-order valence-corrected chi connectivity index (χ1v) is 7.71. The fourth-order valence-corrected chi connectivity index (χ4v) is 3.30. The minimum absolute atomic E-state index is 0.107. The zero-order valence-corrected chi connectivity index (χ0v) is 12.2. The molecule has 20 heavy (non-hydrogen) atoms. The van der Waals surface area contributed by atoms with Gasteiger partial charge < -0.3 is 15.4 Å². The molecule has 0 aromatic carbocycles. The Hall–Kier alpha value is -1.20. The quantitative estimate of drug-likeness (QED) is 0.825. The lowest BCUT2D eigenvalue weighted by Crippen LogP contribution is -2.50. The van der Waals surface area contributed by atoms with Gasteiger partial charge in [-0.2, -0.15) is 0 Å². The molecule has 2 heterocycles. The van der Waals surface area contributed by atoms with Crippen LogP contribution in [0.25, 0.3) is 0 Å². The topological polar surface area (TPSA) is 64.3 Å². The van der Waals surface area contributed by atoms with Crippen molar-refractivity contribution >= 4 is 5.82 Å². The van der Waals surface area contributed by atoms with Crippen molar-refractivity contribution < 1.29 is 4.74 Å². The summed E-state index contributed by atoms with van der Waals surface area (Å²) in [5.74, 6) is 1.12.